The third kappa shape index (κ3) is 4.80. The summed E-state index contributed by atoms with van der Waals surface area (Å²) >= 11 is 0. The van der Waals surface area contributed by atoms with Gasteiger partial charge >= 0.3 is 0 Å². The van der Waals surface area contributed by atoms with Crippen LogP contribution in [0.4, 0.5) is 4.39 Å². The zero-order valence-electron chi connectivity index (χ0n) is 15.1. The van der Waals surface area contributed by atoms with Crippen molar-refractivity contribution in [3.8, 4) is 5.69 Å². The minimum Gasteiger partial charge on any atom is -0.342 e. The molecule has 0 saturated heterocycles. The Kier molecular flexibility index (Phi) is 7.58. The molecule has 2 N–H and O–H groups in total. The summed E-state index contributed by atoms with van der Waals surface area (Å²) in [6.45, 7) is 6.47. The third-order valence-electron chi connectivity index (χ3n) is 4.32. The highest BCUT2D eigenvalue weighted by molar-refractivity contribution is 5.95. The van der Waals surface area contributed by atoms with Crippen LogP contribution < -0.4 is 5.73 Å². The average molecular weight is 369 g/mol. The van der Waals surface area contributed by atoms with Gasteiger partial charge in [0, 0.05) is 19.6 Å². The second-order valence-corrected chi connectivity index (χ2v) is 6.43. The van der Waals surface area contributed by atoms with E-state index in [-0.39, 0.29) is 30.2 Å². The number of nitrogens with two attached hydrogens (primary N) is 1. The first-order valence-electron chi connectivity index (χ1n) is 8.13. The molecule has 1 heterocycles. The molecular formula is C18H26ClFN4O. The molecule has 1 unspecified atom stereocenters. The summed E-state index contributed by atoms with van der Waals surface area (Å²) in [5.74, 6) is -0.135. The minimum atomic E-state index is -0.376. The summed E-state index contributed by atoms with van der Waals surface area (Å²) < 4.78 is 15.4. The van der Waals surface area contributed by atoms with Gasteiger partial charge in [-0.15, -0.1) is 12.4 Å². The molecule has 0 aliphatic rings. The maximum absolute atomic E-state index is 13.9. The Bertz CT molecular complexity index is 717. The lowest BCUT2D eigenvalue weighted by Crippen LogP contribution is -2.34. The van der Waals surface area contributed by atoms with Crippen LogP contribution in [0.25, 0.3) is 5.69 Å². The van der Waals surface area contributed by atoms with Gasteiger partial charge in [-0.3, -0.25) is 4.79 Å². The Morgan fingerprint density at radius 3 is 2.60 bits per heavy atom. The van der Waals surface area contributed by atoms with E-state index >= 15 is 0 Å². The Hall–Kier alpha value is -1.92. The van der Waals surface area contributed by atoms with Crippen LogP contribution in [-0.2, 0) is 0 Å². The molecule has 138 valence electrons. The van der Waals surface area contributed by atoms with Gasteiger partial charge in [0.15, 0.2) is 0 Å². The van der Waals surface area contributed by atoms with Crippen molar-refractivity contribution in [1.82, 2.24) is 14.7 Å². The second-order valence-electron chi connectivity index (χ2n) is 6.43. The third-order valence-corrected chi connectivity index (χ3v) is 4.32. The number of hydrogen-bond donors (Lipinski definition) is 1. The number of nitrogens with zero attached hydrogens (tertiary/aromatic N) is 3. The van der Waals surface area contributed by atoms with Crippen molar-refractivity contribution in [1.29, 1.82) is 0 Å². The summed E-state index contributed by atoms with van der Waals surface area (Å²) in [5, 5.41) is 4.18. The number of carbonyl (C=O) groups excluding carboxylic acids is 1. The Labute approximate surface area is 154 Å². The SMILES string of the molecule is Cc1c(C(=O)N(C)CCC(N)C(C)C)cnn1-c1ccccc1F.Cl. The van der Waals surface area contributed by atoms with E-state index in [0.29, 0.717) is 29.4 Å². The number of aromatic nitrogens is 2. The number of rotatable bonds is 6. The smallest absolute Gasteiger partial charge is 0.257 e. The number of hydrogen-bond acceptors (Lipinski definition) is 3. The first-order valence-corrected chi connectivity index (χ1v) is 8.13. The number of benzene rings is 1. The lowest BCUT2D eigenvalue weighted by atomic mass is 10.0. The fraction of sp³-hybridized carbons (Fsp3) is 0.444. The van der Waals surface area contributed by atoms with Crippen molar-refractivity contribution in [3.63, 3.8) is 0 Å². The molecule has 0 aliphatic heterocycles. The standard InChI is InChI=1S/C18H25FN4O.ClH/c1-12(2)16(20)9-10-22(4)18(24)14-11-21-23(13(14)3)17-8-6-5-7-15(17)19;/h5-8,11-12,16H,9-10,20H2,1-4H3;1H. The topological polar surface area (TPSA) is 64.2 Å². The highest BCUT2D eigenvalue weighted by atomic mass is 35.5. The van der Waals surface area contributed by atoms with E-state index in [4.69, 9.17) is 5.73 Å². The molecule has 2 aromatic rings. The molecule has 1 aromatic carbocycles. The largest absolute Gasteiger partial charge is 0.342 e. The first kappa shape index (κ1) is 21.1. The highest BCUT2D eigenvalue weighted by Gasteiger charge is 2.20. The van der Waals surface area contributed by atoms with Gasteiger partial charge < -0.3 is 10.6 Å². The van der Waals surface area contributed by atoms with Gasteiger partial charge in [0.1, 0.15) is 11.5 Å². The molecule has 2 rings (SSSR count). The molecule has 5 nitrogen and oxygen atoms in total. The highest BCUT2D eigenvalue weighted by Crippen LogP contribution is 2.18. The maximum Gasteiger partial charge on any atom is 0.257 e. The number of para-hydroxylation sites is 1. The van der Waals surface area contributed by atoms with Crippen LogP contribution in [0, 0.1) is 18.7 Å². The van der Waals surface area contributed by atoms with Crippen LogP contribution in [0.15, 0.2) is 30.5 Å². The molecule has 0 bridgehead atoms. The van der Waals surface area contributed by atoms with Crippen molar-refractivity contribution in [3.05, 3.63) is 47.5 Å². The van der Waals surface area contributed by atoms with Gasteiger partial charge in [0.25, 0.3) is 5.91 Å². The normalized spacial score (nSPS) is 12.0. The number of halogens is 2. The number of carbonyl (C=O) groups is 1. The minimum absolute atomic E-state index is 0. The van der Waals surface area contributed by atoms with Gasteiger partial charge in [-0.25, -0.2) is 9.07 Å². The lowest BCUT2D eigenvalue weighted by molar-refractivity contribution is 0.0788. The van der Waals surface area contributed by atoms with Gasteiger partial charge in [-0.05, 0) is 31.4 Å². The van der Waals surface area contributed by atoms with Crippen molar-refractivity contribution in [2.75, 3.05) is 13.6 Å². The van der Waals surface area contributed by atoms with Gasteiger partial charge in [-0.1, -0.05) is 26.0 Å². The van der Waals surface area contributed by atoms with E-state index in [1.54, 1.807) is 37.1 Å². The summed E-state index contributed by atoms with van der Waals surface area (Å²) in [6, 6.07) is 6.42. The van der Waals surface area contributed by atoms with Crippen LogP contribution in [0.2, 0.25) is 0 Å². The monoisotopic (exact) mass is 368 g/mol. The van der Waals surface area contributed by atoms with Crippen molar-refractivity contribution < 1.29 is 9.18 Å². The Morgan fingerprint density at radius 2 is 2.00 bits per heavy atom. The molecule has 0 fully saturated rings. The molecule has 0 spiro atoms. The van der Waals surface area contributed by atoms with E-state index in [0.717, 1.165) is 6.42 Å². The van der Waals surface area contributed by atoms with Crippen LogP contribution in [-0.4, -0.2) is 40.2 Å². The summed E-state index contributed by atoms with van der Waals surface area (Å²) in [4.78, 5) is 14.3. The van der Waals surface area contributed by atoms with E-state index in [9.17, 15) is 9.18 Å². The van der Waals surface area contributed by atoms with Crippen LogP contribution in [0.3, 0.4) is 0 Å². The van der Waals surface area contributed by atoms with Crippen molar-refractivity contribution in [2.24, 2.45) is 11.7 Å². The lowest BCUT2D eigenvalue weighted by Gasteiger charge is -2.21. The molecule has 7 heteroatoms. The quantitative estimate of drug-likeness (QED) is 0.851. The van der Waals surface area contributed by atoms with E-state index in [1.165, 1.54) is 16.9 Å². The number of amides is 1. The predicted molar refractivity (Wildman–Crippen MR) is 99.9 cm³/mol. The molecule has 1 amide bonds. The molecule has 1 aromatic heterocycles. The van der Waals surface area contributed by atoms with E-state index in [2.05, 4.69) is 18.9 Å². The van der Waals surface area contributed by atoms with Crippen LogP contribution in [0.5, 0.6) is 0 Å². The fourth-order valence-corrected chi connectivity index (χ4v) is 2.47. The molecular weight excluding hydrogens is 343 g/mol. The van der Waals surface area contributed by atoms with Crippen molar-refractivity contribution >= 4 is 18.3 Å². The van der Waals surface area contributed by atoms with Crippen LogP contribution >= 0.6 is 12.4 Å². The first-order chi connectivity index (χ1) is 11.3. The summed E-state index contributed by atoms with van der Waals surface area (Å²) in [5.41, 5.74) is 7.45. The van der Waals surface area contributed by atoms with Crippen molar-refractivity contribution in [2.45, 2.75) is 33.2 Å². The Morgan fingerprint density at radius 1 is 1.36 bits per heavy atom. The molecule has 1 atom stereocenters. The molecule has 0 saturated carbocycles. The predicted octanol–water partition coefficient (Wildman–Crippen LogP) is 3.19. The zero-order chi connectivity index (χ0) is 17.9. The van der Waals surface area contributed by atoms with Gasteiger partial charge in [0.05, 0.1) is 17.5 Å². The van der Waals surface area contributed by atoms with E-state index < -0.39 is 0 Å². The summed E-state index contributed by atoms with van der Waals surface area (Å²) in [6.07, 6.45) is 2.23. The Balaban J connectivity index is 0.00000312. The maximum atomic E-state index is 13.9. The summed E-state index contributed by atoms with van der Waals surface area (Å²) in [7, 11) is 1.75. The second kappa shape index (κ2) is 8.97. The molecule has 0 aliphatic carbocycles. The van der Waals surface area contributed by atoms with Gasteiger partial charge in [-0.2, -0.15) is 5.10 Å². The van der Waals surface area contributed by atoms with Crippen LogP contribution in [0.1, 0.15) is 36.3 Å². The van der Waals surface area contributed by atoms with E-state index in [1.807, 2.05) is 0 Å². The average Bonchev–Trinajstić information content (AvgIpc) is 2.93. The molecule has 0 radical (unpaired) electrons. The zero-order valence-corrected chi connectivity index (χ0v) is 15.9. The fourth-order valence-electron chi connectivity index (χ4n) is 2.47. The van der Waals surface area contributed by atoms with Gasteiger partial charge in [0.2, 0.25) is 0 Å². The molecule has 25 heavy (non-hydrogen) atoms.